The standard InChI is InChI=1S/C15H31N3O4S/c1-15(2,3)22-14(19)17-11-12-7-5-8-13(12)16-9-6-10-18-23(4,20)21/h12-13,16,18H,5-11H2,1-4H3,(H,17,19). The van der Waals surface area contributed by atoms with Crippen LogP contribution in [0.25, 0.3) is 0 Å². The lowest BCUT2D eigenvalue weighted by molar-refractivity contribution is 0.0517. The van der Waals surface area contributed by atoms with Crippen LogP contribution in [0.1, 0.15) is 46.5 Å². The first kappa shape index (κ1) is 20.2. The van der Waals surface area contributed by atoms with Crippen LogP contribution < -0.4 is 15.4 Å². The molecule has 0 aromatic carbocycles. The molecule has 0 radical (unpaired) electrons. The van der Waals surface area contributed by atoms with Crippen LogP contribution in [-0.4, -0.2) is 52.0 Å². The fraction of sp³-hybridized carbons (Fsp3) is 0.933. The summed E-state index contributed by atoms with van der Waals surface area (Å²) in [6.07, 6.45) is 4.83. The molecular formula is C15H31N3O4S. The van der Waals surface area contributed by atoms with Crippen LogP contribution in [0, 0.1) is 5.92 Å². The highest BCUT2D eigenvalue weighted by Gasteiger charge is 2.27. The van der Waals surface area contributed by atoms with E-state index in [0.29, 0.717) is 25.0 Å². The maximum atomic E-state index is 11.7. The van der Waals surface area contributed by atoms with Crippen molar-refractivity contribution in [3.8, 4) is 0 Å². The molecule has 1 aliphatic rings. The third-order valence-electron chi connectivity index (χ3n) is 3.69. The largest absolute Gasteiger partial charge is 0.444 e. The molecule has 0 saturated heterocycles. The van der Waals surface area contributed by atoms with Crippen LogP contribution in [0.4, 0.5) is 4.79 Å². The van der Waals surface area contributed by atoms with Gasteiger partial charge in [-0.05, 0) is 52.5 Å². The zero-order valence-corrected chi connectivity index (χ0v) is 15.5. The Hall–Kier alpha value is -0.860. The number of ether oxygens (including phenoxy) is 1. The van der Waals surface area contributed by atoms with Gasteiger partial charge in [0, 0.05) is 19.1 Å². The second-order valence-corrected chi connectivity index (χ2v) is 8.99. The molecule has 0 heterocycles. The van der Waals surface area contributed by atoms with Gasteiger partial charge in [-0.1, -0.05) is 6.42 Å². The monoisotopic (exact) mass is 349 g/mol. The first-order chi connectivity index (χ1) is 10.6. The Morgan fingerprint density at radius 3 is 2.52 bits per heavy atom. The third kappa shape index (κ3) is 9.78. The molecular weight excluding hydrogens is 318 g/mol. The molecule has 1 aliphatic carbocycles. The number of sulfonamides is 1. The van der Waals surface area contributed by atoms with E-state index in [0.717, 1.165) is 38.5 Å². The summed E-state index contributed by atoms with van der Waals surface area (Å²) < 4.78 is 29.7. The van der Waals surface area contributed by atoms with Gasteiger partial charge >= 0.3 is 6.09 Å². The molecule has 1 saturated carbocycles. The molecule has 0 bridgehead atoms. The molecule has 3 N–H and O–H groups in total. The molecule has 0 aromatic rings. The van der Waals surface area contributed by atoms with Gasteiger partial charge in [0.15, 0.2) is 0 Å². The van der Waals surface area contributed by atoms with Gasteiger partial charge in [-0.3, -0.25) is 0 Å². The zero-order valence-electron chi connectivity index (χ0n) is 14.6. The summed E-state index contributed by atoms with van der Waals surface area (Å²) in [7, 11) is -3.11. The number of carbonyl (C=O) groups is 1. The average molecular weight is 349 g/mol. The van der Waals surface area contributed by atoms with E-state index in [1.807, 2.05) is 20.8 Å². The molecule has 2 unspecified atom stereocenters. The summed E-state index contributed by atoms with van der Waals surface area (Å²) in [6.45, 7) is 7.34. The Labute approximate surface area is 140 Å². The fourth-order valence-electron chi connectivity index (χ4n) is 2.71. The average Bonchev–Trinajstić information content (AvgIpc) is 2.80. The Balaban J connectivity index is 2.22. The van der Waals surface area contributed by atoms with Gasteiger partial charge in [0.1, 0.15) is 5.60 Å². The van der Waals surface area contributed by atoms with Gasteiger partial charge < -0.3 is 15.4 Å². The van der Waals surface area contributed by atoms with E-state index in [4.69, 9.17) is 4.74 Å². The minimum Gasteiger partial charge on any atom is -0.444 e. The lowest BCUT2D eigenvalue weighted by atomic mass is 10.0. The van der Waals surface area contributed by atoms with Gasteiger partial charge in [0.2, 0.25) is 10.0 Å². The van der Waals surface area contributed by atoms with Crippen LogP contribution in [0.15, 0.2) is 0 Å². The van der Waals surface area contributed by atoms with Crippen LogP contribution >= 0.6 is 0 Å². The highest BCUT2D eigenvalue weighted by molar-refractivity contribution is 7.88. The smallest absolute Gasteiger partial charge is 0.407 e. The number of alkyl carbamates (subject to hydrolysis) is 1. The molecule has 1 fully saturated rings. The van der Waals surface area contributed by atoms with Gasteiger partial charge in [0.05, 0.1) is 6.26 Å². The molecule has 0 aliphatic heterocycles. The van der Waals surface area contributed by atoms with Crippen molar-refractivity contribution in [2.24, 2.45) is 5.92 Å². The minimum atomic E-state index is -3.11. The van der Waals surface area contributed by atoms with Gasteiger partial charge in [-0.25, -0.2) is 17.9 Å². The Morgan fingerprint density at radius 2 is 1.91 bits per heavy atom. The van der Waals surface area contributed by atoms with E-state index in [-0.39, 0.29) is 6.09 Å². The fourth-order valence-corrected chi connectivity index (χ4v) is 3.23. The van der Waals surface area contributed by atoms with E-state index >= 15 is 0 Å². The second-order valence-electron chi connectivity index (χ2n) is 7.15. The Morgan fingerprint density at radius 1 is 1.22 bits per heavy atom. The summed E-state index contributed by atoms with van der Waals surface area (Å²) in [5.74, 6) is 0.394. The maximum absolute atomic E-state index is 11.7. The SMILES string of the molecule is CC(C)(C)OC(=O)NCC1CCCC1NCCCNS(C)(=O)=O. The first-order valence-electron chi connectivity index (χ1n) is 8.22. The number of hydrogen-bond donors (Lipinski definition) is 3. The van der Waals surface area contributed by atoms with Crippen molar-refractivity contribution in [2.45, 2.75) is 58.1 Å². The summed E-state index contributed by atoms with van der Waals surface area (Å²) in [6, 6.07) is 0.364. The Bertz CT molecular complexity index is 474. The van der Waals surface area contributed by atoms with Gasteiger partial charge in [-0.15, -0.1) is 0 Å². The lowest BCUT2D eigenvalue weighted by Gasteiger charge is -2.23. The van der Waals surface area contributed by atoms with Crippen molar-refractivity contribution in [3.63, 3.8) is 0 Å². The summed E-state index contributed by atoms with van der Waals surface area (Å²) in [5, 5.41) is 6.30. The Kier molecular flexibility index (Phi) is 7.76. The molecule has 1 rings (SSSR count). The van der Waals surface area contributed by atoms with Crippen LogP contribution in [0.2, 0.25) is 0 Å². The number of amides is 1. The summed E-state index contributed by atoms with van der Waals surface area (Å²) >= 11 is 0. The summed E-state index contributed by atoms with van der Waals surface area (Å²) in [4.78, 5) is 11.7. The number of carbonyl (C=O) groups excluding carboxylic acids is 1. The second kappa shape index (κ2) is 8.84. The predicted molar refractivity (Wildman–Crippen MR) is 90.8 cm³/mol. The van der Waals surface area contributed by atoms with Crippen molar-refractivity contribution in [1.29, 1.82) is 0 Å². The molecule has 1 amide bonds. The summed E-state index contributed by atoms with van der Waals surface area (Å²) in [5.41, 5.74) is -0.482. The molecule has 2 atom stereocenters. The number of rotatable bonds is 8. The van der Waals surface area contributed by atoms with Gasteiger partial charge in [-0.2, -0.15) is 0 Å². The lowest BCUT2D eigenvalue weighted by Crippen LogP contribution is -2.41. The highest BCUT2D eigenvalue weighted by atomic mass is 32.2. The van der Waals surface area contributed by atoms with Crippen molar-refractivity contribution in [2.75, 3.05) is 25.9 Å². The molecule has 0 spiro atoms. The van der Waals surface area contributed by atoms with E-state index < -0.39 is 15.6 Å². The molecule has 7 nitrogen and oxygen atoms in total. The van der Waals surface area contributed by atoms with E-state index in [9.17, 15) is 13.2 Å². The van der Waals surface area contributed by atoms with Crippen LogP contribution in [-0.2, 0) is 14.8 Å². The van der Waals surface area contributed by atoms with E-state index in [2.05, 4.69) is 15.4 Å². The third-order valence-corrected chi connectivity index (χ3v) is 4.42. The van der Waals surface area contributed by atoms with Gasteiger partial charge in [0.25, 0.3) is 0 Å². The van der Waals surface area contributed by atoms with E-state index in [1.165, 1.54) is 0 Å². The predicted octanol–water partition coefficient (Wildman–Crippen LogP) is 1.21. The van der Waals surface area contributed by atoms with Crippen molar-refractivity contribution >= 4 is 16.1 Å². The van der Waals surface area contributed by atoms with Crippen LogP contribution in [0.5, 0.6) is 0 Å². The highest BCUT2D eigenvalue weighted by Crippen LogP contribution is 2.25. The molecule has 23 heavy (non-hydrogen) atoms. The quantitative estimate of drug-likeness (QED) is 0.572. The van der Waals surface area contributed by atoms with E-state index in [1.54, 1.807) is 0 Å². The van der Waals surface area contributed by atoms with Crippen molar-refractivity contribution < 1.29 is 17.9 Å². The number of nitrogens with one attached hydrogen (secondary N) is 3. The topological polar surface area (TPSA) is 96.5 Å². The molecule has 8 heteroatoms. The number of hydrogen-bond acceptors (Lipinski definition) is 5. The first-order valence-corrected chi connectivity index (χ1v) is 10.1. The van der Waals surface area contributed by atoms with Crippen molar-refractivity contribution in [1.82, 2.24) is 15.4 Å². The molecule has 136 valence electrons. The molecule has 0 aromatic heterocycles. The normalized spacial score (nSPS) is 22.1. The van der Waals surface area contributed by atoms with Crippen molar-refractivity contribution in [3.05, 3.63) is 0 Å². The zero-order chi connectivity index (χ0) is 17.5. The van der Waals surface area contributed by atoms with Crippen LogP contribution in [0.3, 0.4) is 0 Å². The maximum Gasteiger partial charge on any atom is 0.407 e. The minimum absolute atomic E-state index is 0.364.